The van der Waals surface area contributed by atoms with Gasteiger partial charge in [0.25, 0.3) is 0 Å². The van der Waals surface area contributed by atoms with Crippen LogP contribution in [0.3, 0.4) is 0 Å². The number of para-hydroxylation sites is 2. The predicted octanol–water partition coefficient (Wildman–Crippen LogP) is 3.81. The SMILES string of the molecule is CCOP(=O)(O)[C@H](NCCCN[C@@H](c1ccccc1O)P(=O)(O)OCC)c1ccccc1O. The van der Waals surface area contributed by atoms with Crippen LogP contribution in [-0.4, -0.2) is 46.3 Å². The number of phenolic OH excluding ortho intramolecular Hbond substituents is 2. The minimum atomic E-state index is -4.14. The van der Waals surface area contributed by atoms with Crippen LogP contribution in [0.5, 0.6) is 11.5 Å². The van der Waals surface area contributed by atoms with Gasteiger partial charge < -0.3 is 29.0 Å². The van der Waals surface area contributed by atoms with E-state index in [4.69, 9.17) is 9.05 Å². The summed E-state index contributed by atoms with van der Waals surface area (Å²) in [5.74, 6) is -2.58. The van der Waals surface area contributed by atoms with Gasteiger partial charge in [-0.2, -0.15) is 0 Å². The van der Waals surface area contributed by atoms with Gasteiger partial charge in [0, 0.05) is 11.1 Å². The Bertz CT molecular complexity index is 913. The second kappa shape index (κ2) is 12.6. The highest BCUT2D eigenvalue weighted by Crippen LogP contribution is 2.57. The van der Waals surface area contributed by atoms with Gasteiger partial charge in [0.2, 0.25) is 0 Å². The fourth-order valence-corrected chi connectivity index (χ4v) is 6.22. The summed E-state index contributed by atoms with van der Waals surface area (Å²) in [7, 11) is -8.28. The van der Waals surface area contributed by atoms with E-state index in [-0.39, 0.29) is 48.9 Å². The number of aromatic hydroxyl groups is 2. The lowest BCUT2D eigenvalue weighted by Gasteiger charge is -2.26. The molecule has 0 bridgehead atoms. The molecule has 0 spiro atoms. The Morgan fingerprint density at radius 2 is 1.12 bits per heavy atom. The zero-order chi connectivity index (χ0) is 24.5. The summed E-state index contributed by atoms with van der Waals surface area (Å²) in [5, 5.41) is 26.2. The molecule has 2 aromatic carbocycles. The van der Waals surface area contributed by atoms with E-state index in [1.54, 1.807) is 38.1 Å². The Morgan fingerprint density at radius 1 is 0.758 bits per heavy atom. The number of rotatable bonds is 14. The van der Waals surface area contributed by atoms with Crippen LogP contribution in [0.25, 0.3) is 0 Å². The second-order valence-corrected chi connectivity index (χ2v) is 11.0. The molecule has 184 valence electrons. The van der Waals surface area contributed by atoms with Crippen LogP contribution in [0, 0.1) is 0 Å². The predicted molar refractivity (Wildman–Crippen MR) is 125 cm³/mol. The van der Waals surface area contributed by atoms with Crippen LogP contribution in [-0.2, 0) is 18.2 Å². The first-order chi connectivity index (χ1) is 15.6. The third-order valence-electron chi connectivity index (χ3n) is 4.77. The van der Waals surface area contributed by atoms with Gasteiger partial charge >= 0.3 is 15.2 Å². The molecule has 2 rings (SSSR count). The van der Waals surface area contributed by atoms with Gasteiger partial charge in [0.15, 0.2) is 0 Å². The molecule has 0 saturated heterocycles. The molecule has 2 unspecified atom stereocenters. The van der Waals surface area contributed by atoms with Crippen molar-refractivity contribution in [1.82, 2.24) is 10.6 Å². The summed E-state index contributed by atoms with van der Waals surface area (Å²) in [6.45, 7) is 3.68. The summed E-state index contributed by atoms with van der Waals surface area (Å²) >= 11 is 0. The van der Waals surface area contributed by atoms with E-state index in [2.05, 4.69) is 10.6 Å². The first kappa shape index (κ1) is 27.5. The summed E-state index contributed by atoms with van der Waals surface area (Å²) in [4.78, 5) is 20.7. The lowest BCUT2D eigenvalue weighted by atomic mass is 10.2. The van der Waals surface area contributed by atoms with Crippen molar-refractivity contribution in [3.05, 3.63) is 59.7 Å². The average Bonchev–Trinajstić information content (AvgIpc) is 2.74. The number of benzene rings is 2. The average molecular weight is 502 g/mol. The van der Waals surface area contributed by atoms with Crippen molar-refractivity contribution >= 4 is 15.2 Å². The molecule has 0 saturated carbocycles. The maximum atomic E-state index is 12.7. The van der Waals surface area contributed by atoms with E-state index >= 15 is 0 Å². The van der Waals surface area contributed by atoms with Crippen molar-refractivity contribution in [1.29, 1.82) is 0 Å². The molecule has 6 N–H and O–H groups in total. The second-order valence-electron chi connectivity index (χ2n) is 7.15. The highest BCUT2D eigenvalue weighted by atomic mass is 31.2. The van der Waals surface area contributed by atoms with Gasteiger partial charge in [0.1, 0.15) is 23.1 Å². The number of hydrogen-bond donors (Lipinski definition) is 6. The molecule has 0 aromatic heterocycles. The fraction of sp³-hybridized carbons (Fsp3) is 0.429. The molecule has 0 aliphatic heterocycles. The summed E-state index contributed by atoms with van der Waals surface area (Å²) in [6.07, 6.45) is 0.381. The largest absolute Gasteiger partial charge is 0.508 e. The van der Waals surface area contributed by atoms with Gasteiger partial charge in [0.05, 0.1) is 13.2 Å². The molecule has 0 aliphatic carbocycles. The van der Waals surface area contributed by atoms with Gasteiger partial charge in [-0.3, -0.25) is 19.8 Å². The minimum absolute atomic E-state index is 0.0204. The number of phenols is 2. The minimum Gasteiger partial charge on any atom is -0.508 e. The van der Waals surface area contributed by atoms with E-state index in [1.165, 1.54) is 24.3 Å². The van der Waals surface area contributed by atoms with Crippen LogP contribution < -0.4 is 10.6 Å². The lowest BCUT2D eigenvalue weighted by molar-refractivity contribution is 0.256. The standard InChI is InChI=1S/C21H32N2O8P2/c1-3-30-32(26,27)20(16-10-5-7-12-18(16)24)22-14-9-15-23-21(33(28,29)31-4-2)17-11-6-8-13-19(17)25/h5-8,10-13,20-25H,3-4,9,14-15H2,1-2H3,(H,26,27)(H,28,29)/t20-,21+. The van der Waals surface area contributed by atoms with Gasteiger partial charge in [-0.15, -0.1) is 0 Å². The first-order valence-electron chi connectivity index (χ1n) is 10.6. The quantitative estimate of drug-likeness (QED) is 0.166. The van der Waals surface area contributed by atoms with Crippen LogP contribution in [0.4, 0.5) is 0 Å². The van der Waals surface area contributed by atoms with Crippen molar-refractivity contribution in [3.8, 4) is 11.5 Å². The monoisotopic (exact) mass is 502 g/mol. The molecule has 0 aliphatic rings. The Labute approximate surface area is 193 Å². The Balaban J connectivity index is 2.08. The van der Waals surface area contributed by atoms with E-state index in [9.17, 15) is 29.1 Å². The van der Waals surface area contributed by atoms with Crippen LogP contribution in [0.1, 0.15) is 43.0 Å². The maximum absolute atomic E-state index is 12.7. The van der Waals surface area contributed by atoms with Crippen LogP contribution in [0.15, 0.2) is 48.5 Å². The maximum Gasteiger partial charge on any atom is 0.349 e. The summed E-state index contributed by atoms with van der Waals surface area (Å²) in [6, 6.07) is 12.4. The topological polar surface area (TPSA) is 158 Å². The fourth-order valence-electron chi connectivity index (χ4n) is 3.32. The molecule has 0 fully saturated rings. The number of nitrogens with one attached hydrogen (secondary N) is 2. The van der Waals surface area contributed by atoms with E-state index in [0.717, 1.165) is 0 Å². The van der Waals surface area contributed by atoms with Gasteiger partial charge in [-0.05, 0) is 45.5 Å². The normalized spacial score (nSPS) is 17.1. The van der Waals surface area contributed by atoms with E-state index in [0.29, 0.717) is 6.42 Å². The van der Waals surface area contributed by atoms with Crippen molar-refractivity contribution in [3.63, 3.8) is 0 Å². The number of hydrogen-bond acceptors (Lipinski definition) is 8. The molecule has 12 heteroatoms. The molecular weight excluding hydrogens is 470 g/mol. The summed E-state index contributed by atoms with van der Waals surface area (Å²) in [5.41, 5.74) is 0.459. The molecule has 33 heavy (non-hydrogen) atoms. The lowest BCUT2D eigenvalue weighted by Crippen LogP contribution is -2.28. The molecule has 2 aromatic rings. The third-order valence-corrected chi connectivity index (χ3v) is 8.26. The zero-order valence-corrected chi connectivity index (χ0v) is 20.4. The smallest absolute Gasteiger partial charge is 0.349 e. The van der Waals surface area contributed by atoms with Crippen LogP contribution in [0.2, 0.25) is 0 Å². The van der Waals surface area contributed by atoms with E-state index in [1.807, 2.05) is 0 Å². The van der Waals surface area contributed by atoms with Crippen molar-refractivity contribution < 1.29 is 38.2 Å². The molecule has 0 radical (unpaired) electrons. The molecular formula is C21H32N2O8P2. The first-order valence-corrected chi connectivity index (χ1v) is 13.9. The Hall–Kier alpha value is -1.74. The molecule has 10 nitrogen and oxygen atoms in total. The van der Waals surface area contributed by atoms with Gasteiger partial charge in [-0.25, -0.2) is 0 Å². The summed E-state index contributed by atoms with van der Waals surface area (Å²) < 4.78 is 35.5. The molecule has 0 heterocycles. The molecule has 0 amide bonds. The van der Waals surface area contributed by atoms with E-state index < -0.39 is 26.8 Å². The third kappa shape index (κ3) is 7.64. The Morgan fingerprint density at radius 3 is 1.45 bits per heavy atom. The molecule has 4 atom stereocenters. The van der Waals surface area contributed by atoms with Crippen molar-refractivity contribution in [2.75, 3.05) is 26.3 Å². The Kier molecular flexibility index (Phi) is 10.5. The van der Waals surface area contributed by atoms with Crippen molar-refractivity contribution in [2.45, 2.75) is 31.8 Å². The van der Waals surface area contributed by atoms with Crippen molar-refractivity contribution in [2.24, 2.45) is 0 Å². The highest BCUT2D eigenvalue weighted by Gasteiger charge is 2.36. The van der Waals surface area contributed by atoms with Gasteiger partial charge in [-0.1, -0.05) is 36.4 Å². The zero-order valence-electron chi connectivity index (χ0n) is 18.6. The highest BCUT2D eigenvalue weighted by molar-refractivity contribution is 7.53. The van der Waals surface area contributed by atoms with Crippen LogP contribution >= 0.6 is 15.2 Å².